The number of hydrogen-bond acceptors (Lipinski definition) is 6. The molecule has 8 heteroatoms. The van der Waals surface area contributed by atoms with Gasteiger partial charge in [0.1, 0.15) is 5.69 Å². The maximum Gasteiger partial charge on any atom is 0.234 e. The highest BCUT2D eigenvalue weighted by molar-refractivity contribution is 6.00. The molecule has 0 spiro atoms. The second kappa shape index (κ2) is 7.64. The quantitative estimate of drug-likeness (QED) is 0.772. The average molecular weight is 427 g/mol. The molecule has 2 aliphatic carbocycles. The van der Waals surface area contributed by atoms with Crippen molar-refractivity contribution in [2.75, 3.05) is 35.3 Å². The molecule has 4 aliphatic rings. The molecule has 2 N–H and O–H groups in total. The molecule has 3 unspecified atom stereocenters. The summed E-state index contributed by atoms with van der Waals surface area (Å²) >= 11 is 0. The minimum absolute atomic E-state index is 0.101. The van der Waals surface area contributed by atoms with Gasteiger partial charge < -0.3 is 20.4 Å². The molecule has 1 saturated heterocycles. The Balaban J connectivity index is 1.47. The summed E-state index contributed by atoms with van der Waals surface area (Å²) in [7, 11) is 1.83. The fraction of sp³-hybridized carbons (Fsp3) is 0.739. The molecule has 3 heterocycles. The topological polar surface area (TPSA) is 90.5 Å². The Morgan fingerprint density at radius 3 is 2.68 bits per heavy atom. The highest BCUT2D eigenvalue weighted by atomic mass is 16.2. The van der Waals surface area contributed by atoms with Gasteiger partial charge in [0, 0.05) is 44.1 Å². The van der Waals surface area contributed by atoms with Gasteiger partial charge in [-0.2, -0.15) is 4.98 Å². The van der Waals surface area contributed by atoms with Gasteiger partial charge in [-0.1, -0.05) is 19.3 Å². The molecule has 3 fully saturated rings. The molecule has 0 radical (unpaired) electrons. The Hall–Kier alpha value is -2.38. The zero-order valence-corrected chi connectivity index (χ0v) is 18.9. The van der Waals surface area contributed by atoms with Crippen molar-refractivity contribution in [1.29, 1.82) is 0 Å². The molecule has 31 heavy (non-hydrogen) atoms. The lowest BCUT2D eigenvalue weighted by Gasteiger charge is -2.35. The van der Waals surface area contributed by atoms with Crippen molar-refractivity contribution >= 4 is 29.3 Å². The van der Waals surface area contributed by atoms with Crippen LogP contribution in [0.4, 0.5) is 17.5 Å². The molecular weight excluding hydrogens is 392 g/mol. The first kappa shape index (κ1) is 20.5. The van der Waals surface area contributed by atoms with Crippen molar-refractivity contribution < 1.29 is 9.59 Å². The maximum atomic E-state index is 13.1. The van der Waals surface area contributed by atoms with Crippen LogP contribution in [0.3, 0.4) is 0 Å². The van der Waals surface area contributed by atoms with Gasteiger partial charge >= 0.3 is 0 Å². The molecule has 3 atom stereocenters. The van der Waals surface area contributed by atoms with Gasteiger partial charge in [-0.05, 0) is 39.5 Å². The van der Waals surface area contributed by atoms with E-state index in [9.17, 15) is 9.59 Å². The van der Waals surface area contributed by atoms with E-state index in [1.807, 2.05) is 20.9 Å². The number of carbonyl (C=O) groups excluding carboxylic acids is 2. The lowest BCUT2D eigenvalue weighted by molar-refractivity contribution is -0.125. The summed E-state index contributed by atoms with van der Waals surface area (Å²) < 4.78 is 0. The third kappa shape index (κ3) is 3.53. The lowest BCUT2D eigenvalue weighted by Crippen LogP contribution is -2.45. The first-order valence-corrected chi connectivity index (χ1v) is 11.8. The standard InChI is InChI=1S/C23H34N6O2/c1-23(2)13-29(14-7-4-5-8-14)19-18(28(3)21(23)31)12-25-22(27-19)26-17-10-6-9-15-16(17)11-24-20(15)30/h12,14-17H,4-11,13H2,1-3H3,(H,24,30)(H,25,26,27). The van der Waals surface area contributed by atoms with E-state index in [1.165, 1.54) is 12.8 Å². The van der Waals surface area contributed by atoms with Gasteiger partial charge in [0.25, 0.3) is 0 Å². The third-order valence-electron chi connectivity index (χ3n) is 7.83. The van der Waals surface area contributed by atoms with Gasteiger partial charge in [0.05, 0.1) is 11.6 Å². The Morgan fingerprint density at radius 1 is 1.13 bits per heavy atom. The summed E-state index contributed by atoms with van der Waals surface area (Å²) in [5, 5.41) is 6.58. The first-order chi connectivity index (χ1) is 14.8. The van der Waals surface area contributed by atoms with E-state index in [0.717, 1.165) is 50.2 Å². The Bertz CT molecular complexity index is 881. The number of nitrogens with one attached hydrogen (secondary N) is 2. The molecule has 2 amide bonds. The van der Waals surface area contributed by atoms with E-state index in [4.69, 9.17) is 4.98 Å². The lowest BCUT2D eigenvalue weighted by atomic mass is 9.78. The number of fused-ring (bicyclic) bond motifs is 2. The molecule has 0 bridgehead atoms. The molecule has 5 rings (SSSR count). The minimum atomic E-state index is -0.488. The smallest absolute Gasteiger partial charge is 0.234 e. The van der Waals surface area contributed by atoms with Crippen LogP contribution in [-0.2, 0) is 9.59 Å². The number of amides is 2. The summed E-state index contributed by atoms with van der Waals surface area (Å²) in [5.74, 6) is 2.15. The van der Waals surface area contributed by atoms with E-state index in [-0.39, 0.29) is 29.7 Å². The molecular formula is C23H34N6O2. The van der Waals surface area contributed by atoms with Crippen LogP contribution in [0, 0.1) is 17.3 Å². The van der Waals surface area contributed by atoms with Crippen molar-refractivity contribution in [2.45, 2.75) is 70.9 Å². The maximum absolute atomic E-state index is 13.1. The van der Waals surface area contributed by atoms with Crippen LogP contribution >= 0.6 is 0 Å². The van der Waals surface area contributed by atoms with Gasteiger partial charge in [0.15, 0.2) is 5.82 Å². The van der Waals surface area contributed by atoms with Crippen LogP contribution in [0.25, 0.3) is 0 Å². The van der Waals surface area contributed by atoms with Crippen LogP contribution in [0.2, 0.25) is 0 Å². The molecule has 2 saturated carbocycles. The van der Waals surface area contributed by atoms with Crippen molar-refractivity contribution in [3.05, 3.63) is 6.20 Å². The zero-order chi connectivity index (χ0) is 21.8. The normalized spacial score (nSPS) is 30.6. The van der Waals surface area contributed by atoms with Crippen LogP contribution in [0.15, 0.2) is 6.20 Å². The van der Waals surface area contributed by atoms with E-state index < -0.39 is 5.41 Å². The molecule has 168 valence electrons. The predicted octanol–water partition coefficient (Wildman–Crippen LogP) is 2.55. The van der Waals surface area contributed by atoms with Crippen molar-refractivity contribution in [1.82, 2.24) is 15.3 Å². The van der Waals surface area contributed by atoms with Gasteiger partial charge in [-0.3, -0.25) is 9.59 Å². The van der Waals surface area contributed by atoms with Gasteiger partial charge in [0.2, 0.25) is 17.8 Å². The minimum Gasteiger partial charge on any atom is -0.355 e. The third-order valence-corrected chi connectivity index (χ3v) is 7.83. The van der Waals surface area contributed by atoms with E-state index >= 15 is 0 Å². The van der Waals surface area contributed by atoms with E-state index in [0.29, 0.717) is 18.5 Å². The molecule has 1 aromatic rings. The molecule has 2 aliphatic heterocycles. The number of hydrogen-bond donors (Lipinski definition) is 2. The molecule has 1 aromatic heterocycles. The Kier molecular flexibility index (Phi) is 5.06. The summed E-state index contributed by atoms with van der Waals surface area (Å²) in [6.07, 6.45) is 9.56. The van der Waals surface area contributed by atoms with Crippen LogP contribution in [0.5, 0.6) is 0 Å². The molecule has 0 aromatic carbocycles. The summed E-state index contributed by atoms with van der Waals surface area (Å²) in [6, 6.07) is 0.605. The number of nitrogens with zero attached hydrogens (tertiary/aromatic N) is 4. The number of rotatable bonds is 3. The van der Waals surface area contributed by atoms with E-state index in [2.05, 4.69) is 20.5 Å². The molecule has 8 nitrogen and oxygen atoms in total. The van der Waals surface area contributed by atoms with Gasteiger partial charge in [-0.15, -0.1) is 0 Å². The summed E-state index contributed by atoms with van der Waals surface area (Å²) in [4.78, 5) is 39.0. The monoisotopic (exact) mass is 426 g/mol. The number of carbonyl (C=O) groups is 2. The highest BCUT2D eigenvalue weighted by Crippen LogP contribution is 2.41. The second-order valence-electron chi connectivity index (χ2n) is 10.4. The number of aromatic nitrogens is 2. The predicted molar refractivity (Wildman–Crippen MR) is 120 cm³/mol. The number of anilines is 3. The van der Waals surface area contributed by atoms with E-state index in [1.54, 1.807) is 11.1 Å². The van der Waals surface area contributed by atoms with Crippen LogP contribution < -0.4 is 20.4 Å². The second-order valence-corrected chi connectivity index (χ2v) is 10.4. The Morgan fingerprint density at radius 2 is 1.90 bits per heavy atom. The fourth-order valence-electron chi connectivity index (χ4n) is 6.10. The van der Waals surface area contributed by atoms with Crippen molar-refractivity contribution in [3.63, 3.8) is 0 Å². The summed E-state index contributed by atoms with van der Waals surface area (Å²) in [6.45, 7) is 5.44. The zero-order valence-electron chi connectivity index (χ0n) is 18.9. The Labute approximate surface area is 184 Å². The van der Waals surface area contributed by atoms with Crippen LogP contribution in [0.1, 0.15) is 58.8 Å². The van der Waals surface area contributed by atoms with Crippen molar-refractivity contribution in [2.24, 2.45) is 17.3 Å². The first-order valence-electron chi connectivity index (χ1n) is 11.8. The SMILES string of the molecule is CN1C(=O)C(C)(C)CN(C2CCCC2)c2nc(NC3CCCC4C(=O)NCC34)ncc21. The average Bonchev–Trinajstić information content (AvgIpc) is 3.40. The summed E-state index contributed by atoms with van der Waals surface area (Å²) in [5.41, 5.74) is 0.297. The van der Waals surface area contributed by atoms with Crippen LogP contribution in [-0.4, -0.2) is 54.0 Å². The largest absolute Gasteiger partial charge is 0.355 e. The van der Waals surface area contributed by atoms with Gasteiger partial charge in [-0.25, -0.2) is 4.98 Å². The highest BCUT2D eigenvalue weighted by Gasteiger charge is 2.43. The fourth-order valence-corrected chi connectivity index (χ4v) is 6.10. The van der Waals surface area contributed by atoms with Crippen molar-refractivity contribution in [3.8, 4) is 0 Å².